The predicted molar refractivity (Wildman–Crippen MR) is 77.1 cm³/mol. The average molecular weight is 402 g/mol. The van der Waals surface area contributed by atoms with Crippen molar-refractivity contribution in [3.63, 3.8) is 0 Å². The third kappa shape index (κ3) is 3.65. The van der Waals surface area contributed by atoms with E-state index in [-0.39, 0.29) is 25.7 Å². The molecule has 0 aliphatic rings. The number of alkyl halides is 3. The van der Waals surface area contributed by atoms with Crippen LogP contribution >= 0.6 is 81.2 Å². The van der Waals surface area contributed by atoms with Crippen molar-refractivity contribution >= 4 is 87.2 Å². The molecule has 0 radical (unpaired) electrons. The second kappa shape index (κ2) is 6.32. The zero-order valence-corrected chi connectivity index (χ0v) is 13.7. The number of carbonyl (C=O) groups is 1. The van der Waals surface area contributed by atoms with E-state index in [1.165, 1.54) is 0 Å². The Morgan fingerprint density at radius 2 is 1.42 bits per heavy atom. The van der Waals surface area contributed by atoms with Crippen LogP contribution in [0.15, 0.2) is 0 Å². The minimum atomic E-state index is -2.33. The minimum absolute atomic E-state index is 0.160. The van der Waals surface area contributed by atoms with E-state index >= 15 is 0 Å². The summed E-state index contributed by atoms with van der Waals surface area (Å²) >= 11 is 39.2. The van der Waals surface area contributed by atoms with Crippen LogP contribution in [-0.4, -0.2) is 9.76 Å². The molecule has 1 aromatic rings. The van der Waals surface area contributed by atoms with Crippen LogP contribution in [0.1, 0.15) is 5.56 Å². The normalized spacial score (nSPS) is 11.1. The summed E-state index contributed by atoms with van der Waals surface area (Å²) in [6.45, 7) is 0. The summed E-state index contributed by atoms with van der Waals surface area (Å²) in [7, 11) is 0. The molecule has 0 heterocycles. The van der Waals surface area contributed by atoms with Gasteiger partial charge in [-0.05, 0) is 0 Å². The molecule has 0 spiro atoms. The van der Waals surface area contributed by atoms with Crippen molar-refractivity contribution in [1.82, 2.24) is 0 Å². The molecule has 0 atom stereocenters. The lowest BCUT2D eigenvalue weighted by atomic mass is 10.2. The number of benzene rings is 1. The van der Waals surface area contributed by atoms with Crippen LogP contribution in [0.5, 0.6) is 5.75 Å². The van der Waals surface area contributed by atoms with Crippen molar-refractivity contribution in [2.24, 2.45) is 0 Å². The molecule has 0 unspecified atom stereocenters. The van der Waals surface area contributed by atoms with Gasteiger partial charge in [0.05, 0.1) is 15.6 Å². The van der Waals surface area contributed by atoms with Crippen LogP contribution in [0, 0.1) is 11.3 Å². The Bertz CT molecular complexity index is 559. The monoisotopic (exact) mass is 399 g/mol. The smallest absolute Gasteiger partial charge is 0.364 e. The summed E-state index contributed by atoms with van der Waals surface area (Å²) in [6, 6.07) is 1.70. The second-order valence-corrected chi connectivity index (χ2v) is 6.75. The summed E-state index contributed by atoms with van der Waals surface area (Å²) < 4.78 is 2.39. The second-order valence-electron chi connectivity index (χ2n) is 2.96. The van der Waals surface area contributed by atoms with Crippen molar-refractivity contribution in [2.45, 2.75) is 3.79 Å². The Balaban J connectivity index is 3.40. The lowest BCUT2D eigenvalue weighted by Gasteiger charge is -2.14. The quantitative estimate of drug-likeness (QED) is 0.272. The van der Waals surface area contributed by atoms with Crippen molar-refractivity contribution in [1.29, 1.82) is 5.26 Å². The van der Waals surface area contributed by atoms with Crippen molar-refractivity contribution in [3.8, 4) is 11.8 Å². The van der Waals surface area contributed by atoms with Gasteiger partial charge in [0.2, 0.25) is 0 Å². The number of rotatable bonds is 1. The predicted octanol–water partition coefficient (Wildman–Crippen LogP) is 5.45. The molecule has 1 aromatic carbocycles. The highest BCUT2D eigenvalue weighted by Crippen LogP contribution is 2.46. The third-order valence-corrected chi connectivity index (χ3v) is 3.89. The van der Waals surface area contributed by atoms with Gasteiger partial charge in [-0.1, -0.05) is 81.2 Å². The first-order valence-corrected chi connectivity index (χ1v) is 6.80. The summed E-state index contributed by atoms with van der Waals surface area (Å²) in [4.78, 5) is 11.4. The van der Waals surface area contributed by atoms with Gasteiger partial charge in [0.25, 0.3) is 3.79 Å². The Kier molecular flexibility index (Phi) is 5.74. The van der Waals surface area contributed by atoms with Crippen LogP contribution in [0.3, 0.4) is 0 Å². The highest BCUT2D eigenvalue weighted by atomic mass is 35.6. The fourth-order valence-electron chi connectivity index (χ4n) is 0.950. The molecule has 0 amide bonds. The molecule has 0 N–H and O–H groups in total. The number of hydrogen-bond donors (Lipinski definition) is 0. The molecule has 1 rings (SSSR count). The van der Waals surface area contributed by atoms with E-state index in [1.807, 2.05) is 0 Å². The van der Waals surface area contributed by atoms with Gasteiger partial charge in [-0.2, -0.15) is 5.26 Å². The van der Waals surface area contributed by atoms with E-state index in [2.05, 4.69) is 0 Å². The molecule has 0 aromatic heterocycles. The molecule has 0 saturated heterocycles. The summed E-state index contributed by atoms with van der Waals surface area (Å²) in [6.07, 6.45) is 0. The maximum absolute atomic E-state index is 11.4. The van der Waals surface area contributed by atoms with E-state index in [0.29, 0.717) is 0 Å². The standard InChI is InChI=1S/C9Cl7NO2/c10-3-2(1-17)4(11)6(13)7(5(3)12)19-8(18)9(14,15)16. The number of nitrogens with zero attached hydrogens (tertiary/aromatic N) is 1. The lowest BCUT2D eigenvalue weighted by molar-refractivity contribution is -0.133. The van der Waals surface area contributed by atoms with Gasteiger partial charge in [0.15, 0.2) is 5.75 Å². The van der Waals surface area contributed by atoms with Gasteiger partial charge >= 0.3 is 5.97 Å². The van der Waals surface area contributed by atoms with Gasteiger partial charge in [0, 0.05) is 0 Å². The van der Waals surface area contributed by atoms with Crippen LogP contribution in [0.25, 0.3) is 0 Å². The zero-order chi connectivity index (χ0) is 15.0. The van der Waals surface area contributed by atoms with E-state index in [0.717, 1.165) is 0 Å². The molecule has 0 aliphatic heterocycles. The average Bonchev–Trinajstić information content (AvgIpc) is 2.31. The first-order chi connectivity index (χ1) is 8.61. The Morgan fingerprint density at radius 3 is 1.74 bits per heavy atom. The molecular weight excluding hydrogens is 402 g/mol. The molecule has 0 aliphatic carbocycles. The molecule has 10 heteroatoms. The summed E-state index contributed by atoms with van der Waals surface area (Å²) in [5.74, 6) is -1.65. The number of halogens is 7. The van der Waals surface area contributed by atoms with Gasteiger partial charge in [-0.25, -0.2) is 4.79 Å². The maximum Gasteiger partial charge on any atom is 0.364 e. The molecule has 102 valence electrons. The fraction of sp³-hybridized carbons (Fsp3) is 0.111. The molecule has 0 fully saturated rings. The van der Waals surface area contributed by atoms with E-state index in [1.54, 1.807) is 6.07 Å². The number of carbonyl (C=O) groups excluding carboxylic acids is 1. The van der Waals surface area contributed by atoms with Gasteiger partial charge in [0.1, 0.15) is 16.1 Å². The largest absolute Gasteiger partial charge is 0.420 e. The van der Waals surface area contributed by atoms with Crippen molar-refractivity contribution in [3.05, 3.63) is 25.7 Å². The van der Waals surface area contributed by atoms with Crippen LogP contribution in [0.4, 0.5) is 0 Å². The lowest BCUT2D eigenvalue weighted by Crippen LogP contribution is -2.25. The highest BCUT2D eigenvalue weighted by molar-refractivity contribution is 6.75. The van der Waals surface area contributed by atoms with Gasteiger partial charge in [-0.15, -0.1) is 0 Å². The summed E-state index contributed by atoms with van der Waals surface area (Å²) in [5, 5.41) is 7.79. The van der Waals surface area contributed by atoms with Crippen molar-refractivity contribution < 1.29 is 9.53 Å². The van der Waals surface area contributed by atoms with Crippen LogP contribution in [-0.2, 0) is 4.79 Å². The van der Waals surface area contributed by atoms with Gasteiger partial charge < -0.3 is 4.74 Å². The third-order valence-electron chi connectivity index (χ3n) is 1.76. The number of esters is 1. The molecular formula is C9Cl7NO2. The van der Waals surface area contributed by atoms with E-state index in [4.69, 9.17) is 91.2 Å². The molecule has 19 heavy (non-hydrogen) atoms. The van der Waals surface area contributed by atoms with Crippen LogP contribution < -0.4 is 4.74 Å². The maximum atomic E-state index is 11.4. The van der Waals surface area contributed by atoms with Gasteiger partial charge in [-0.3, -0.25) is 0 Å². The first kappa shape index (κ1) is 17.3. The fourth-order valence-corrected chi connectivity index (χ4v) is 2.06. The number of hydrogen-bond acceptors (Lipinski definition) is 3. The topological polar surface area (TPSA) is 50.1 Å². The van der Waals surface area contributed by atoms with E-state index in [9.17, 15) is 4.79 Å². The molecule has 3 nitrogen and oxygen atoms in total. The summed E-state index contributed by atoms with van der Waals surface area (Å²) in [5.41, 5.74) is -0.160. The van der Waals surface area contributed by atoms with Crippen LogP contribution in [0.2, 0.25) is 20.1 Å². The first-order valence-electron chi connectivity index (χ1n) is 4.16. The highest BCUT2D eigenvalue weighted by Gasteiger charge is 2.35. The minimum Gasteiger partial charge on any atom is -0.420 e. The van der Waals surface area contributed by atoms with E-state index < -0.39 is 15.5 Å². The SMILES string of the molecule is N#Cc1c(Cl)c(Cl)c(OC(=O)C(Cl)(Cl)Cl)c(Cl)c1Cl. The Hall–Kier alpha value is 0.210. The zero-order valence-electron chi connectivity index (χ0n) is 8.41. The molecule has 0 saturated carbocycles. The van der Waals surface area contributed by atoms with Crippen molar-refractivity contribution in [2.75, 3.05) is 0 Å². The Labute approximate surface area is 142 Å². The Morgan fingerprint density at radius 1 is 1.00 bits per heavy atom. The number of nitriles is 1. The number of ether oxygens (including phenoxy) is 1. The molecule has 0 bridgehead atoms.